The van der Waals surface area contributed by atoms with Crippen LogP contribution in [0.3, 0.4) is 0 Å². The average Bonchev–Trinajstić information content (AvgIpc) is 2.64. The van der Waals surface area contributed by atoms with Crippen molar-refractivity contribution in [3.05, 3.63) is 0 Å². The lowest BCUT2D eigenvalue weighted by Crippen LogP contribution is -2.41. The molecule has 0 aromatic heterocycles. The lowest BCUT2D eigenvalue weighted by molar-refractivity contribution is 0.0295. The monoisotopic (exact) mass is 295 g/mol. The van der Waals surface area contributed by atoms with Crippen molar-refractivity contribution in [1.82, 2.24) is 4.90 Å². The summed E-state index contributed by atoms with van der Waals surface area (Å²) in [5.41, 5.74) is 6.12. The molecule has 1 aliphatic carbocycles. The van der Waals surface area contributed by atoms with Crippen molar-refractivity contribution in [3.8, 4) is 0 Å². The van der Waals surface area contributed by atoms with E-state index in [-0.39, 0.29) is 11.0 Å². The van der Waals surface area contributed by atoms with E-state index in [1.165, 1.54) is 32.1 Å². The normalized spacial score (nSPS) is 28.0. The third-order valence-corrected chi connectivity index (χ3v) is 4.57. The highest BCUT2D eigenvalue weighted by Gasteiger charge is 2.40. The number of ether oxygens (including phenoxy) is 1. The van der Waals surface area contributed by atoms with Crippen molar-refractivity contribution >= 4 is 5.96 Å². The number of guanidine groups is 1. The van der Waals surface area contributed by atoms with Crippen molar-refractivity contribution in [2.45, 2.75) is 64.8 Å². The van der Waals surface area contributed by atoms with E-state index in [2.05, 4.69) is 25.7 Å². The van der Waals surface area contributed by atoms with Crippen LogP contribution >= 0.6 is 0 Å². The van der Waals surface area contributed by atoms with Gasteiger partial charge in [-0.25, -0.2) is 4.99 Å². The van der Waals surface area contributed by atoms with E-state index in [1.54, 1.807) is 0 Å². The number of rotatable bonds is 5. The summed E-state index contributed by atoms with van der Waals surface area (Å²) >= 11 is 0. The van der Waals surface area contributed by atoms with Crippen LogP contribution in [0.15, 0.2) is 4.99 Å². The summed E-state index contributed by atoms with van der Waals surface area (Å²) in [6, 6.07) is 0. The average molecular weight is 295 g/mol. The molecule has 2 N–H and O–H groups in total. The fraction of sp³-hybridized carbons (Fsp3) is 0.941. The summed E-state index contributed by atoms with van der Waals surface area (Å²) in [5, 5.41) is 0. The maximum absolute atomic E-state index is 6.04. The molecule has 1 heterocycles. The molecule has 0 spiro atoms. The topological polar surface area (TPSA) is 50.8 Å². The zero-order chi connectivity index (χ0) is 15.5. The summed E-state index contributed by atoms with van der Waals surface area (Å²) < 4.78 is 6.03. The van der Waals surface area contributed by atoms with Crippen LogP contribution in [0.4, 0.5) is 0 Å². The van der Waals surface area contributed by atoms with Crippen LogP contribution in [0.25, 0.3) is 0 Å². The first-order valence-electron chi connectivity index (χ1n) is 8.44. The van der Waals surface area contributed by atoms with Gasteiger partial charge in [0.25, 0.3) is 0 Å². The van der Waals surface area contributed by atoms with Gasteiger partial charge in [-0.1, -0.05) is 52.9 Å². The SMILES string of the molecule is CN1CC(COCC(C)(C)C)(CC2CCCCC2)N=C1N. The zero-order valence-electron chi connectivity index (χ0n) is 14.3. The molecule has 1 aliphatic heterocycles. The van der Waals surface area contributed by atoms with E-state index in [0.717, 1.165) is 25.5 Å². The van der Waals surface area contributed by atoms with Gasteiger partial charge in [-0.05, 0) is 17.8 Å². The molecule has 2 rings (SSSR count). The van der Waals surface area contributed by atoms with Crippen molar-refractivity contribution in [1.29, 1.82) is 0 Å². The molecule has 0 saturated heterocycles. The zero-order valence-corrected chi connectivity index (χ0v) is 14.3. The van der Waals surface area contributed by atoms with Crippen LogP contribution < -0.4 is 5.73 Å². The van der Waals surface area contributed by atoms with E-state index in [4.69, 9.17) is 15.5 Å². The number of nitrogens with two attached hydrogens (primary N) is 1. The number of likely N-dealkylation sites (N-methyl/N-ethyl adjacent to an activating group) is 1. The molecule has 122 valence electrons. The van der Waals surface area contributed by atoms with Gasteiger partial charge in [0.1, 0.15) is 5.54 Å². The third-order valence-electron chi connectivity index (χ3n) is 4.57. The molecule has 1 unspecified atom stereocenters. The largest absolute Gasteiger partial charge is 0.378 e. The van der Waals surface area contributed by atoms with Crippen molar-refractivity contribution < 1.29 is 4.74 Å². The van der Waals surface area contributed by atoms with Crippen LogP contribution in [0, 0.1) is 11.3 Å². The molecular formula is C17H33N3O. The first-order valence-corrected chi connectivity index (χ1v) is 8.44. The van der Waals surface area contributed by atoms with Crippen LogP contribution in [0.2, 0.25) is 0 Å². The van der Waals surface area contributed by atoms with Gasteiger partial charge in [-0.3, -0.25) is 0 Å². The predicted octanol–water partition coefficient (Wildman–Crippen LogP) is 3.02. The number of hydrogen-bond donors (Lipinski definition) is 1. The highest BCUT2D eigenvalue weighted by molar-refractivity contribution is 5.80. The number of nitrogens with zero attached hydrogens (tertiary/aromatic N) is 2. The lowest BCUT2D eigenvalue weighted by atomic mass is 9.80. The Labute approximate surface area is 130 Å². The van der Waals surface area contributed by atoms with Gasteiger partial charge >= 0.3 is 0 Å². The smallest absolute Gasteiger partial charge is 0.191 e. The van der Waals surface area contributed by atoms with Gasteiger partial charge in [-0.15, -0.1) is 0 Å². The Hall–Kier alpha value is -0.770. The minimum atomic E-state index is -0.119. The Morgan fingerprint density at radius 3 is 2.48 bits per heavy atom. The van der Waals surface area contributed by atoms with Gasteiger partial charge in [0, 0.05) is 13.6 Å². The van der Waals surface area contributed by atoms with Crippen LogP contribution in [-0.4, -0.2) is 43.2 Å². The molecule has 4 nitrogen and oxygen atoms in total. The van der Waals surface area contributed by atoms with Crippen LogP contribution in [0.1, 0.15) is 59.3 Å². The summed E-state index contributed by atoms with van der Waals surface area (Å²) in [4.78, 5) is 6.88. The highest BCUT2D eigenvalue weighted by atomic mass is 16.5. The van der Waals surface area contributed by atoms with Crippen LogP contribution in [-0.2, 0) is 4.74 Å². The predicted molar refractivity (Wildman–Crippen MR) is 88.4 cm³/mol. The minimum Gasteiger partial charge on any atom is -0.378 e. The second kappa shape index (κ2) is 6.55. The summed E-state index contributed by atoms with van der Waals surface area (Å²) in [6.07, 6.45) is 7.97. The van der Waals surface area contributed by atoms with Gasteiger partial charge in [0.15, 0.2) is 5.96 Å². The molecule has 0 aromatic carbocycles. The molecule has 1 fully saturated rings. The standard InChI is InChI=1S/C17H33N3O/c1-16(2,3)12-21-13-17(11-20(4)15(18)19-17)10-14-8-6-5-7-9-14/h14H,5-13H2,1-4H3,(H2,18,19). The van der Waals surface area contributed by atoms with E-state index < -0.39 is 0 Å². The first kappa shape index (κ1) is 16.6. The molecule has 21 heavy (non-hydrogen) atoms. The molecule has 2 aliphatic rings. The quantitative estimate of drug-likeness (QED) is 0.848. The Bertz CT molecular complexity index is 369. The molecular weight excluding hydrogens is 262 g/mol. The number of aliphatic imine (C=N–C) groups is 1. The van der Waals surface area contributed by atoms with Gasteiger partial charge in [0.2, 0.25) is 0 Å². The molecule has 0 bridgehead atoms. The fourth-order valence-electron chi connectivity index (χ4n) is 3.61. The van der Waals surface area contributed by atoms with Crippen LogP contribution in [0.5, 0.6) is 0 Å². The van der Waals surface area contributed by atoms with Gasteiger partial charge in [0.05, 0.1) is 13.2 Å². The maximum atomic E-state index is 6.04. The van der Waals surface area contributed by atoms with Gasteiger partial charge < -0.3 is 15.4 Å². The maximum Gasteiger partial charge on any atom is 0.191 e. The molecule has 1 atom stereocenters. The molecule has 0 radical (unpaired) electrons. The minimum absolute atomic E-state index is 0.119. The van der Waals surface area contributed by atoms with E-state index >= 15 is 0 Å². The molecule has 0 aromatic rings. The summed E-state index contributed by atoms with van der Waals surface area (Å²) in [5.74, 6) is 1.46. The molecule has 1 saturated carbocycles. The Morgan fingerprint density at radius 1 is 1.29 bits per heavy atom. The lowest BCUT2D eigenvalue weighted by Gasteiger charge is -2.33. The third kappa shape index (κ3) is 4.87. The number of hydrogen-bond acceptors (Lipinski definition) is 4. The second-order valence-corrected chi connectivity index (χ2v) is 8.31. The highest BCUT2D eigenvalue weighted by Crippen LogP contribution is 2.35. The van der Waals surface area contributed by atoms with Crippen molar-refractivity contribution in [2.24, 2.45) is 22.1 Å². The van der Waals surface area contributed by atoms with E-state index in [1.807, 2.05) is 7.05 Å². The molecule has 4 heteroatoms. The Balaban J connectivity index is 1.97. The molecule has 0 amide bonds. The van der Waals surface area contributed by atoms with Crippen molar-refractivity contribution in [3.63, 3.8) is 0 Å². The van der Waals surface area contributed by atoms with Gasteiger partial charge in [-0.2, -0.15) is 0 Å². The summed E-state index contributed by atoms with van der Waals surface area (Å²) in [6.45, 7) is 9.00. The first-order chi connectivity index (χ1) is 9.80. The summed E-state index contributed by atoms with van der Waals surface area (Å²) in [7, 11) is 2.03. The Kier molecular flexibility index (Phi) is 5.18. The Morgan fingerprint density at radius 2 is 1.95 bits per heavy atom. The second-order valence-electron chi connectivity index (χ2n) is 8.31. The fourth-order valence-corrected chi connectivity index (χ4v) is 3.61. The van der Waals surface area contributed by atoms with Crippen molar-refractivity contribution in [2.75, 3.05) is 26.8 Å². The van der Waals surface area contributed by atoms with E-state index in [9.17, 15) is 0 Å². The van der Waals surface area contributed by atoms with E-state index in [0.29, 0.717) is 12.6 Å².